The Morgan fingerprint density at radius 1 is 1.03 bits per heavy atom. The van der Waals surface area contributed by atoms with Gasteiger partial charge in [0, 0.05) is 22.7 Å². The standard InChI is InChI=1S/C25H23ClN2O3S/c1-31-17-7-4-6-16(14-17)28-32(29,30)18-12-13-24-22(15-18)19-9-5-10-20(19)25(27-24)21-8-2-3-11-23(21)26/h2-9,11-15,19-20,25,27-28H,10H2,1H3/t19-,20-,25+/m0/s1. The monoisotopic (exact) mass is 466 g/mol. The maximum atomic E-state index is 13.1. The van der Waals surface area contributed by atoms with Gasteiger partial charge in [-0.25, -0.2) is 8.42 Å². The van der Waals surface area contributed by atoms with Crippen LogP contribution >= 0.6 is 11.6 Å². The Balaban J connectivity index is 1.49. The van der Waals surface area contributed by atoms with E-state index >= 15 is 0 Å². The van der Waals surface area contributed by atoms with Gasteiger partial charge in [0.25, 0.3) is 10.0 Å². The number of allylic oxidation sites excluding steroid dienone is 2. The Labute approximate surface area is 193 Å². The van der Waals surface area contributed by atoms with Crippen LogP contribution in [0.2, 0.25) is 5.02 Å². The first kappa shape index (κ1) is 20.9. The predicted octanol–water partition coefficient (Wildman–Crippen LogP) is 5.98. The molecule has 1 aliphatic carbocycles. The van der Waals surface area contributed by atoms with Crippen molar-refractivity contribution < 1.29 is 13.2 Å². The van der Waals surface area contributed by atoms with Crippen LogP contribution in [0.3, 0.4) is 0 Å². The molecule has 3 aromatic carbocycles. The molecule has 0 unspecified atom stereocenters. The highest BCUT2D eigenvalue weighted by Crippen LogP contribution is 2.51. The zero-order valence-corrected chi connectivity index (χ0v) is 19.0. The molecule has 5 rings (SSSR count). The van der Waals surface area contributed by atoms with Gasteiger partial charge in [0.05, 0.1) is 23.7 Å². The van der Waals surface area contributed by atoms with E-state index in [1.807, 2.05) is 24.3 Å². The van der Waals surface area contributed by atoms with Crippen molar-refractivity contribution >= 4 is 33.0 Å². The molecule has 5 nitrogen and oxygen atoms in total. The third-order valence-corrected chi connectivity index (χ3v) is 7.93. The molecule has 1 heterocycles. The molecule has 0 spiro atoms. The maximum Gasteiger partial charge on any atom is 0.261 e. The van der Waals surface area contributed by atoms with Crippen LogP contribution in [0.25, 0.3) is 0 Å². The topological polar surface area (TPSA) is 67.4 Å². The lowest BCUT2D eigenvalue weighted by Crippen LogP contribution is -2.29. The van der Waals surface area contributed by atoms with Crippen LogP contribution in [-0.4, -0.2) is 15.5 Å². The summed E-state index contributed by atoms with van der Waals surface area (Å²) in [4.78, 5) is 0.233. The van der Waals surface area contributed by atoms with Gasteiger partial charge in [0.1, 0.15) is 5.75 Å². The summed E-state index contributed by atoms with van der Waals surface area (Å²) in [6.07, 6.45) is 5.26. The quantitative estimate of drug-likeness (QED) is 0.454. The fourth-order valence-electron chi connectivity index (χ4n) is 4.68. The molecular weight excluding hydrogens is 444 g/mol. The summed E-state index contributed by atoms with van der Waals surface area (Å²) >= 11 is 6.50. The molecule has 1 aliphatic heterocycles. The van der Waals surface area contributed by atoms with Crippen molar-refractivity contribution in [3.63, 3.8) is 0 Å². The van der Waals surface area contributed by atoms with Crippen molar-refractivity contribution in [3.8, 4) is 5.75 Å². The van der Waals surface area contributed by atoms with Crippen molar-refractivity contribution in [1.82, 2.24) is 0 Å². The second kappa shape index (κ2) is 8.19. The molecule has 164 valence electrons. The predicted molar refractivity (Wildman–Crippen MR) is 128 cm³/mol. The van der Waals surface area contributed by atoms with Crippen LogP contribution in [0, 0.1) is 5.92 Å². The summed E-state index contributed by atoms with van der Waals surface area (Å²) in [5.41, 5.74) is 3.44. The van der Waals surface area contributed by atoms with Crippen molar-refractivity contribution in [1.29, 1.82) is 0 Å². The van der Waals surface area contributed by atoms with Crippen LogP contribution in [0.1, 0.15) is 29.5 Å². The minimum atomic E-state index is -3.75. The van der Waals surface area contributed by atoms with E-state index in [1.165, 1.54) is 0 Å². The van der Waals surface area contributed by atoms with Crippen LogP contribution in [0.15, 0.2) is 83.8 Å². The minimum Gasteiger partial charge on any atom is -0.497 e. The largest absolute Gasteiger partial charge is 0.497 e. The van der Waals surface area contributed by atoms with Crippen molar-refractivity contribution in [2.45, 2.75) is 23.3 Å². The lowest BCUT2D eigenvalue weighted by Gasteiger charge is -2.38. The van der Waals surface area contributed by atoms with Gasteiger partial charge in [0.2, 0.25) is 0 Å². The number of benzene rings is 3. The van der Waals surface area contributed by atoms with Gasteiger partial charge in [-0.05, 0) is 59.9 Å². The molecule has 3 aromatic rings. The highest BCUT2D eigenvalue weighted by molar-refractivity contribution is 7.92. The number of fused-ring (bicyclic) bond motifs is 3. The van der Waals surface area contributed by atoms with Crippen molar-refractivity contribution in [2.24, 2.45) is 5.92 Å². The van der Waals surface area contributed by atoms with E-state index in [-0.39, 0.29) is 22.8 Å². The number of anilines is 2. The normalized spacial score (nSPS) is 21.4. The number of hydrogen-bond donors (Lipinski definition) is 2. The summed E-state index contributed by atoms with van der Waals surface area (Å²) in [6.45, 7) is 0. The number of methoxy groups -OCH3 is 1. The van der Waals surface area contributed by atoms with Crippen molar-refractivity contribution in [3.05, 3.63) is 95.0 Å². The van der Waals surface area contributed by atoms with Crippen LogP contribution in [0.5, 0.6) is 5.75 Å². The lowest BCUT2D eigenvalue weighted by molar-refractivity contribution is 0.415. The molecule has 2 aliphatic rings. The summed E-state index contributed by atoms with van der Waals surface area (Å²) in [5.74, 6) is 0.982. The van der Waals surface area contributed by atoms with Gasteiger partial charge >= 0.3 is 0 Å². The highest BCUT2D eigenvalue weighted by atomic mass is 35.5. The molecule has 32 heavy (non-hydrogen) atoms. The van der Waals surface area contributed by atoms with E-state index in [1.54, 1.807) is 43.5 Å². The molecule has 0 amide bonds. The first-order valence-corrected chi connectivity index (χ1v) is 12.3. The first-order valence-electron chi connectivity index (χ1n) is 10.4. The number of sulfonamides is 1. The van der Waals surface area contributed by atoms with E-state index in [2.05, 4.69) is 28.3 Å². The van der Waals surface area contributed by atoms with Gasteiger partial charge in [-0.2, -0.15) is 0 Å². The molecule has 0 aromatic heterocycles. The Kier molecular flexibility index (Phi) is 5.35. The van der Waals surface area contributed by atoms with Crippen LogP contribution in [-0.2, 0) is 10.0 Å². The number of hydrogen-bond acceptors (Lipinski definition) is 4. The number of halogens is 1. The second-order valence-electron chi connectivity index (χ2n) is 8.08. The second-order valence-corrected chi connectivity index (χ2v) is 10.2. The van der Waals surface area contributed by atoms with Crippen LogP contribution < -0.4 is 14.8 Å². The zero-order valence-electron chi connectivity index (χ0n) is 17.5. The summed E-state index contributed by atoms with van der Waals surface area (Å²) in [5, 5.41) is 4.35. The summed E-state index contributed by atoms with van der Waals surface area (Å²) < 4.78 is 34.0. The zero-order chi connectivity index (χ0) is 22.3. The summed E-state index contributed by atoms with van der Waals surface area (Å²) in [6, 6.07) is 20.1. The molecule has 2 N–H and O–H groups in total. The highest BCUT2D eigenvalue weighted by Gasteiger charge is 2.39. The number of nitrogens with one attached hydrogen (secondary N) is 2. The average Bonchev–Trinajstić information content (AvgIpc) is 3.29. The fraction of sp³-hybridized carbons (Fsp3) is 0.200. The van der Waals surface area contributed by atoms with Gasteiger partial charge in [-0.15, -0.1) is 0 Å². The molecule has 0 fully saturated rings. The van der Waals surface area contributed by atoms with E-state index in [0.29, 0.717) is 11.4 Å². The number of ether oxygens (including phenoxy) is 1. The minimum absolute atomic E-state index is 0.0635. The van der Waals surface area contributed by atoms with E-state index < -0.39 is 10.0 Å². The average molecular weight is 467 g/mol. The molecule has 7 heteroatoms. The number of rotatable bonds is 5. The van der Waals surface area contributed by atoms with Crippen molar-refractivity contribution in [2.75, 3.05) is 17.1 Å². The molecule has 0 saturated heterocycles. The molecule has 0 radical (unpaired) electrons. The molecular formula is C25H23ClN2O3S. The molecule has 0 bridgehead atoms. The third kappa shape index (κ3) is 3.74. The van der Waals surface area contributed by atoms with Gasteiger partial charge in [-0.3, -0.25) is 4.72 Å². The summed E-state index contributed by atoms with van der Waals surface area (Å²) in [7, 11) is -2.20. The Morgan fingerprint density at radius 2 is 1.88 bits per heavy atom. The Bertz CT molecular complexity index is 1310. The Morgan fingerprint density at radius 3 is 2.69 bits per heavy atom. The van der Waals surface area contributed by atoms with E-state index in [9.17, 15) is 8.42 Å². The van der Waals surface area contributed by atoms with Gasteiger partial charge in [-0.1, -0.05) is 48.0 Å². The molecule has 3 atom stereocenters. The first-order chi connectivity index (χ1) is 15.5. The third-order valence-electron chi connectivity index (χ3n) is 6.21. The molecule has 0 saturated carbocycles. The van der Waals surface area contributed by atoms with E-state index in [0.717, 1.165) is 28.3 Å². The fourth-order valence-corrected chi connectivity index (χ4v) is 6.01. The van der Waals surface area contributed by atoms with Gasteiger partial charge < -0.3 is 10.1 Å². The van der Waals surface area contributed by atoms with E-state index in [4.69, 9.17) is 16.3 Å². The smallest absolute Gasteiger partial charge is 0.261 e. The SMILES string of the molecule is COc1cccc(NS(=O)(=O)c2ccc3c(c2)[C@H]2C=CC[C@@H]2[C@H](c2ccccc2Cl)N3)c1. The van der Waals surface area contributed by atoms with Crippen LogP contribution in [0.4, 0.5) is 11.4 Å². The Hall–Kier alpha value is -2.96. The maximum absolute atomic E-state index is 13.1. The lowest BCUT2D eigenvalue weighted by atomic mass is 9.77. The van der Waals surface area contributed by atoms with Gasteiger partial charge in [0.15, 0.2) is 0 Å².